The predicted molar refractivity (Wildman–Crippen MR) is 34.2 cm³/mol. The summed E-state index contributed by atoms with van der Waals surface area (Å²) in [5, 5.41) is 3.88. The molecule has 0 unspecified atom stereocenters. The molecule has 2 heteroatoms. The number of hydrogen-bond donors (Lipinski definition) is 1. The zero-order valence-electron chi connectivity index (χ0n) is 4.73. The van der Waals surface area contributed by atoms with E-state index < -0.39 is 0 Å². The van der Waals surface area contributed by atoms with E-state index in [1.807, 2.05) is 0 Å². The topological polar surface area (TPSA) is 12.0 Å². The Kier molecular flexibility index (Phi) is 1.02. The molecule has 2 bridgehead atoms. The summed E-state index contributed by atoms with van der Waals surface area (Å²) in [4.78, 5) is 0. The van der Waals surface area contributed by atoms with Crippen LogP contribution in [-0.2, 0) is 0 Å². The molecule has 1 nitrogen and oxygen atoms in total. The highest BCUT2D eigenvalue weighted by Gasteiger charge is 2.37. The Morgan fingerprint density at radius 1 is 1.38 bits per heavy atom. The van der Waals surface area contributed by atoms with Crippen molar-refractivity contribution in [3.63, 3.8) is 0 Å². The summed E-state index contributed by atoms with van der Waals surface area (Å²) >= 11 is 5.95. The fraction of sp³-hybridized carbons (Fsp3) is 1.00. The average Bonchev–Trinajstić information content (AvgIpc) is 2.23. The van der Waals surface area contributed by atoms with E-state index in [1.54, 1.807) is 0 Å². The molecule has 0 saturated carbocycles. The van der Waals surface area contributed by atoms with Crippen molar-refractivity contribution in [3.8, 4) is 0 Å². The Bertz CT molecular complexity index is 103. The number of halogens is 1. The second-order valence-electron chi connectivity index (χ2n) is 2.80. The van der Waals surface area contributed by atoms with Crippen molar-refractivity contribution in [2.24, 2.45) is 0 Å². The molecular formula is C6H10ClN. The highest BCUT2D eigenvalue weighted by molar-refractivity contribution is 6.21. The molecule has 2 saturated heterocycles. The maximum Gasteiger partial charge on any atom is 0.0504 e. The minimum Gasteiger partial charge on any atom is -0.310 e. The fourth-order valence-electron chi connectivity index (χ4n) is 1.76. The first-order chi connectivity index (χ1) is 3.86. The van der Waals surface area contributed by atoms with Gasteiger partial charge < -0.3 is 5.32 Å². The molecule has 0 aromatic carbocycles. The average molecular weight is 132 g/mol. The van der Waals surface area contributed by atoms with E-state index in [2.05, 4.69) is 5.32 Å². The Morgan fingerprint density at radius 3 is 2.50 bits per heavy atom. The van der Waals surface area contributed by atoms with Gasteiger partial charge in [-0.2, -0.15) is 0 Å². The van der Waals surface area contributed by atoms with Crippen LogP contribution in [0.2, 0.25) is 0 Å². The lowest BCUT2D eigenvalue weighted by Crippen LogP contribution is -2.22. The van der Waals surface area contributed by atoms with Crippen LogP contribution in [0.15, 0.2) is 0 Å². The Balaban J connectivity index is 2.11. The van der Waals surface area contributed by atoms with E-state index in [0.717, 1.165) is 6.04 Å². The molecule has 1 N–H and O–H groups in total. The van der Waals surface area contributed by atoms with Crippen molar-refractivity contribution < 1.29 is 0 Å². The third-order valence-electron chi connectivity index (χ3n) is 2.22. The van der Waals surface area contributed by atoms with Crippen molar-refractivity contribution in [2.75, 3.05) is 0 Å². The van der Waals surface area contributed by atoms with Gasteiger partial charge in [0.1, 0.15) is 0 Å². The van der Waals surface area contributed by atoms with Gasteiger partial charge in [0.2, 0.25) is 0 Å². The van der Waals surface area contributed by atoms with Gasteiger partial charge >= 0.3 is 0 Å². The minimum atomic E-state index is 0.439. The van der Waals surface area contributed by atoms with Crippen LogP contribution >= 0.6 is 11.6 Å². The standard InChI is InChI=1S/C6H10ClN/c7-5-3-4-1-2-6(5)8-4/h4-6,8H,1-3H2/t4-,5-,6-/m1/s1. The first-order valence-electron chi connectivity index (χ1n) is 3.26. The molecule has 0 aliphatic carbocycles. The molecule has 2 heterocycles. The van der Waals surface area contributed by atoms with Crippen molar-refractivity contribution in [1.29, 1.82) is 0 Å². The Hall–Kier alpha value is 0.250. The van der Waals surface area contributed by atoms with Gasteiger partial charge in [0.05, 0.1) is 5.38 Å². The van der Waals surface area contributed by atoms with E-state index in [1.165, 1.54) is 19.3 Å². The van der Waals surface area contributed by atoms with Gasteiger partial charge in [0.25, 0.3) is 0 Å². The monoisotopic (exact) mass is 131 g/mol. The molecule has 2 fully saturated rings. The van der Waals surface area contributed by atoms with Crippen LogP contribution in [-0.4, -0.2) is 17.5 Å². The van der Waals surface area contributed by atoms with Crippen LogP contribution in [0.3, 0.4) is 0 Å². The molecule has 8 heavy (non-hydrogen) atoms. The lowest BCUT2D eigenvalue weighted by molar-refractivity contribution is 0.583. The van der Waals surface area contributed by atoms with Gasteiger partial charge in [-0.25, -0.2) is 0 Å². The van der Waals surface area contributed by atoms with Crippen molar-refractivity contribution in [2.45, 2.75) is 36.7 Å². The lowest BCUT2D eigenvalue weighted by atomic mass is 10.0. The summed E-state index contributed by atoms with van der Waals surface area (Å²) in [5.41, 5.74) is 0. The molecular weight excluding hydrogens is 122 g/mol. The molecule has 0 aromatic heterocycles. The Labute approximate surface area is 54.4 Å². The minimum absolute atomic E-state index is 0.439. The van der Waals surface area contributed by atoms with E-state index in [4.69, 9.17) is 11.6 Å². The summed E-state index contributed by atoms with van der Waals surface area (Å²) in [5.74, 6) is 0. The van der Waals surface area contributed by atoms with Crippen LogP contribution in [0.25, 0.3) is 0 Å². The first kappa shape index (κ1) is 5.07. The highest BCUT2D eigenvalue weighted by Crippen LogP contribution is 2.31. The Morgan fingerprint density at radius 2 is 2.25 bits per heavy atom. The van der Waals surface area contributed by atoms with Crippen LogP contribution < -0.4 is 5.32 Å². The SMILES string of the molecule is Cl[C@@H]1C[C@H]2CC[C@H]1N2. The smallest absolute Gasteiger partial charge is 0.0504 e. The van der Waals surface area contributed by atoms with Gasteiger partial charge in [0, 0.05) is 12.1 Å². The molecule has 2 aliphatic rings. The second kappa shape index (κ2) is 1.61. The third kappa shape index (κ3) is 0.579. The normalized spacial score (nSPS) is 52.9. The van der Waals surface area contributed by atoms with Gasteiger partial charge in [0.15, 0.2) is 0 Å². The number of rotatable bonds is 0. The highest BCUT2D eigenvalue weighted by atomic mass is 35.5. The van der Waals surface area contributed by atoms with Gasteiger partial charge in [-0.05, 0) is 19.3 Å². The van der Waals surface area contributed by atoms with Crippen LogP contribution in [0.1, 0.15) is 19.3 Å². The lowest BCUT2D eigenvalue weighted by Gasteiger charge is -2.11. The van der Waals surface area contributed by atoms with Crippen molar-refractivity contribution in [1.82, 2.24) is 5.32 Å². The molecule has 0 spiro atoms. The molecule has 3 atom stereocenters. The third-order valence-corrected chi connectivity index (χ3v) is 2.70. The van der Waals surface area contributed by atoms with E-state index >= 15 is 0 Å². The summed E-state index contributed by atoms with van der Waals surface area (Å²) in [6.45, 7) is 0. The van der Waals surface area contributed by atoms with Crippen LogP contribution in [0.4, 0.5) is 0 Å². The van der Waals surface area contributed by atoms with E-state index in [-0.39, 0.29) is 0 Å². The van der Waals surface area contributed by atoms with E-state index in [9.17, 15) is 0 Å². The number of alkyl halides is 1. The molecule has 2 aliphatic heterocycles. The number of hydrogen-bond acceptors (Lipinski definition) is 1. The van der Waals surface area contributed by atoms with Gasteiger partial charge in [-0.1, -0.05) is 0 Å². The summed E-state index contributed by atoms with van der Waals surface area (Å²) < 4.78 is 0. The molecule has 0 amide bonds. The zero-order chi connectivity index (χ0) is 5.56. The first-order valence-corrected chi connectivity index (χ1v) is 3.70. The van der Waals surface area contributed by atoms with Crippen LogP contribution in [0.5, 0.6) is 0 Å². The van der Waals surface area contributed by atoms with Crippen molar-refractivity contribution in [3.05, 3.63) is 0 Å². The molecule has 0 radical (unpaired) electrons. The zero-order valence-corrected chi connectivity index (χ0v) is 5.49. The molecule has 46 valence electrons. The molecule has 2 rings (SSSR count). The largest absolute Gasteiger partial charge is 0.310 e. The number of fused-ring (bicyclic) bond motifs is 2. The summed E-state index contributed by atoms with van der Waals surface area (Å²) in [6.07, 6.45) is 3.86. The summed E-state index contributed by atoms with van der Waals surface area (Å²) in [6, 6.07) is 1.42. The maximum absolute atomic E-state index is 5.95. The van der Waals surface area contributed by atoms with Crippen molar-refractivity contribution >= 4 is 11.6 Å². The van der Waals surface area contributed by atoms with Crippen LogP contribution in [0, 0.1) is 0 Å². The maximum atomic E-state index is 5.95. The second-order valence-corrected chi connectivity index (χ2v) is 3.36. The quantitative estimate of drug-likeness (QED) is 0.486. The number of nitrogens with one attached hydrogen (secondary N) is 1. The summed E-state index contributed by atoms with van der Waals surface area (Å²) in [7, 11) is 0. The predicted octanol–water partition coefficient (Wildman–Crippen LogP) is 1.12. The van der Waals surface area contributed by atoms with E-state index in [0.29, 0.717) is 11.4 Å². The fourth-order valence-corrected chi connectivity index (χ4v) is 2.17. The van der Waals surface area contributed by atoms with Gasteiger partial charge in [-0.15, -0.1) is 11.6 Å². The molecule has 0 aromatic rings. The van der Waals surface area contributed by atoms with Gasteiger partial charge in [-0.3, -0.25) is 0 Å².